The quantitative estimate of drug-likeness (QED) is 0.641. The van der Waals surface area contributed by atoms with Gasteiger partial charge in [-0.05, 0) is 43.9 Å². The molecule has 4 heteroatoms. The van der Waals surface area contributed by atoms with Gasteiger partial charge in [-0.2, -0.15) is 0 Å². The zero-order valence-electron chi connectivity index (χ0n) is 16.5. The number of hydrogen-bond donors (Lipinski definition) is 0. The van der Waals surface area contributed by atoms with E-state index in [2.05, 4.69) is 54.3 Å². The summed E-state index contributed by atoms with van der Waals surface area (Å²) < 4.78 is 0. The molecule has 0 unspecified atom stereocenters. The molecule has 0 aromatic heterocycles. The summed E-state index contributed by atoms with van der Waals surface area (Å²) >= 11 is 0. The third-order valence-corrected chi connectivity index (χ3v) is 5.45. The molecule has 1 fully saturated rings. The van der Waals surface area contributed by atoms with Gasteiger partial charge >= 0.3 is 5.97 Å². The van der Waals surface area contributed by atoms with E-state index in [-0.39, 0.29) is 5.97 Å². The van der Waals surface area contributed by atoms with E-state index in [4.69, 9.17) is 4.84 Å². The predicted molar refractivity (Wildman–Crippen MR) is 114 cm³/mol. The van der Waals surface area contributed by atoms with Gasteiger partial charge in [0.2, 0.25) is 0 Å². The highest BCUT2D eigenvalue weighted by atomic mass is 16.7. The van der Waals surface area contributed by atoms with Crippen LogP contribution in [0, 0.1) is 6.92 Å². The van der Waals surface area contributed by atoms with E-state index in [1.54, 1.807) is 6.07 Å². The number of carbonyl (C=O) groups is 1. The fraction of sp³-hybridized carbons (Fsp3) is 0.292. The highest BCUT2D eigenvalue weighted by Gasteiger charge is 2.30. The average molecular weight is 374 g/mol. The van der Waals surface area contributed by atoms with Crippen LogP contribution >= 0.6 is 0 Å². The third kappa shape index (κ3) is 3.73. The van der Waals surface area contributed by atoms with E-state index in [9.17, 15) is 4.79 Å². The molecule has 0 saturated carbocycles. The second kappa shape index (κ2) is 8.03. The summed E-state index contributed by atoms with van der Waals surface area (Å²) in [6, 6.07) is 22.8. The predicted octanol–water partition coefficient (Wildman–Crippen LogP) is 4.82. The maximum atomic E-state index is 12.5. The Hall–Kier alpha value is -2.85. The SMILES string of the molecule is CCN(c1cccc2ccccc12)[C@H]1CCN(OC(=O)c2cccc(C)c2)C1. The zero-order valence-corrected chi connectivity index (χ0v) is 16.5. The molecule has 1 aliphatic heterocycles. The van der Waals surface area contributed by atoms with Crippen molar-refractivity contribution >= 4 is 22.4 Å². The van der Waals surface area contributed by atoms with Crippen LogP contribution in [-0.2, 0) is 4.84 Å². The van der Waals surface area contributed by atoms with E-state index < -0.39 is 0 Å². The molecule has 4 nitrogen and oxygen atoms in total. The lowest BCUT2D eigenvalue weighted by Crippen LogP contribution is -2.38. The van der Waals surface area contributed by atoms with Gasteiger partial charge in [-0.3, -0.25) is 0 Å². The van der Waals surface area contributed by atoms with Gasteiger partial charge in [-0.1, -0.05) is 54.1 Å². The van der Waals surface area contributed by atoms with Crippen molar-refractivity contribution in [3.63, 3.8) is 0 Å². The first-order chi connectivity index (χ1) is 13.7. The summed E-state index contributed by atoms with van der Waals surface area (Å²) in [7, 11) is 0. The molecule has 144 valence electrons. The van der Waals surface area contributed by atoms with Gasteiger partial charge in [0.15, 0.2) is 0 Å². The van der Waals surface area contributed by atoms with Gasteiger partial charge < -0.3 is 9.74 Å². The Labute approximate surface area is 166 Å². The number of nitrogens with zero attached hydrogens (tertiary/aromatic N) is 2. The van der Waals surface area contributed by atoms with Crippen LogP contribution in [-0.4, -0.2) is 36.7 Å². The van der Waals surface area contributed by atoms with Crippen LogP contribution in [0.4, 0.5) is 5.69 Å². The number of rotatable bonds is 5. The summed E-state index contributed by atoms with van der Waals surface area (Å²) in [6.45, 7) is 6.55. The lowest BCUT2D eigenvalue weighted by molar-refractivity contribution is -0.0936. The van der Waals surface area contributed by atoms with Gasteiger partial charge in [-0.15, -0.1) is 5.06 Å². The van der Waals surface area contributed by atoms with E-state index in [1.165, 1.54) is 16.5 Å². The average Bonchev–Trinajstić information content (AvgIpc) is 3.17. The highest BCUT2D eigenvalue weighted by Crippen LogP contribution is 2.30. The number of anilines is 1. The molecule has 0 spiro atoms. The van der Waals surface area contributed by atoms with Crippen LogP contribution in [0.3, 0.4) is 0 Å². The topological polar surface area (TPSA) is 32.8 Å². The van der Waals surface area contributed by atoms with Gasteiger partial charge in [0.05, 0.1) is 12.1 Å². The number of fused-ring (bicyclic) bond motifs is 1. The van der Waals surface area contributed by atoms with Crippen molar-refractivity contribution in [2.75, 3.05) is 24.5 Å². The van der Waals surface area contributed by atoms with Crippen molar-refractivity contribution in [3.8, 4) is 0 Å². The molecule has 0 bridgehead atoms. The molecule has 4 rings (SSSR count). The van der Waals surface area contributed by atoms with Crippen LogP contribution in [0.15, 0.2) is 66.7 Å². The number of carbonyl (C=O) groups excluding carboxylic acids is 1. The van der Waals surface area contributed by atoms with E-state index in [0.29, 0.717) is 18.2 Å². The first-order valence-electron chi connectivity index (χ1n) is 9.94. The molecule has 1 saturated heterocycles. The molecular formula is C24H26N2O2. The maximum absolute atomic E-state index is 12.5. The number of hydrogen-bond acceptors (Lipinski definition) is 4. The third-order valence-electron chi connectivity index (χ3n) is 5.45. The number of hydroxylamine groups is 2. The normalized spacial score (nSPS) is 17.0. The Morgan fingerprint density at radius 1 is 1.11 bits per heavy atom. The fourth-order valence-electron chi connectivity index (χ4n) is 4.07. The molecule has 28 heavy (non-hydrogen) atoms. The van der Waals surface area contributed by atoms with Gasteiger partial charge in [0.25, 0.3) is 0 Å². The molecular weight excluding hydrogens is 348 g/mol. The summed E-state index contributed by atoms with van der Waals surface area (Å²) in [4.78, 5) is 20.6. The minimum Gasteiger partial charge on any atom is -0.367 e. The van der Waals surface area contributed by atoms with Crippen LogP contribution in [0.1, 0.15) is 29.3 Å². The van der Waals surface area contributed by atoms with E-state index in [1.807, 2.05) is 30.2 Å². The summed E-state index contributed by atoms with van der Waals surface area (Å²) in [6.07, 6.45) is 0.970. The molecule has 0 radical (unpaired) electrons. The van der Waals surface area contributed by atoms with Gasteiger partial charge in [0, 0.05) is 30.2 Å². The molecule has 1 heterocycles. The summed E-state index contributed by atoms with van der Waals surface area (Å²) in [5, 5.41) is 4.32. The summed E-state index contributed by atoms with van der Waals surface area (Å²) in [5.41, 5.74) is 2.91. The van der Waals surface area contributed by atoms with E-state index in [0.717, 1.165) is 25.1 Å². The number of benzene rings is 3. The minimum atomic E-state index is -0.280. The molecule has 0 N–H and O–H groups in total. The van der Waals surface area contributed by atoms with Crippen molar-refractivity contribution in [2.45, 2.75) is 26.3 Å². The highest BCUT2D eigenvalue weighted by molar-refractivity contribution is 5.94. The van der Waals surface area contributed by atoms with E-state index >= 15 is 0 Å². The van der Waals surface area contributed by atoms with Crippen LogP contribution in [0.5, 0.6) is 0 Å². The van der Waals surface area contributed by atoms with Crippen molar-refractivity contribution < 1.29 is 9.63 Å². The number of aryl methyl sites for hydroxylation is 1. The minimum absolute atomic E-state index is 0.280. The molecule has 0 aliphatic carbocycles. The largest absolute Gasteiger partial charge is 0.367 e. The Balaban J connectivity index is 1.48. The molecule has 1 atom stereocenters. The maximum Gasteiger partial charge on any atom is 0.357 e. The molecule has 0 amide bonds. The lowest BCUT2D eigenvalue weighted by atomic mass is 10.1. The standard InChI is InChI=1S/C24H26N2O2/c1-3-26(23-13-7-10-19-9-4-5-12-22(19)23)21-14-15-25(17-21)28-24(27)20-11-6-8-18(2)16-20/h4-13,16,21H,3,14-15,17H2,1-2H3/t21-/m0/s1. The van der Waals surface area contributed by atoms with Crippen molar-refractivity contribution in [3.05, 3.63) is 77.9 Å². The summed E-state index contributed by atoms with van der Waals surface area (Å²) in [5.74, 6) is -0.280. The molecule has 3 aromatic carbocycles. The smallest absolute Gasteiger partial charge is 0.357 e. The monoisotopic (exact) mass is 374 g/mol. The zero-order chi connectivity index (χ0) is 19.5. The fourth-order valence-corrected chi connectivity index (χ4v) is 4.07. The van der Waals surface area contributed by atoms with Gasteiger partial charge in [-0.25, -0.2) is 4.79 Å². The number of likely N-dealkylation sites (N-methyl/N-ethyl adjacent to an activating group) is 1. The van der Waals surface area contributed by atoms with Gasteiger partial charge in [0.1, 0.15) is 0 Å². The lowest BCUT2D eigenvalue weighted by Gasteiger charge is -2.31. The Morgan fingerprint density at radius 2 is 1.89 bits per heavy atom. The van der Waals surface area contributed by atoms with Crippen molar-refractivity contribution in [2.24, 2.45) is 0 Å². The van der Waals surface area contributed by atoms with Crippen LogP contribution in [0.25, 0.3) is 10.8 Å². The second-order valence-electron chi connectivity index (χ2n) is 7.36. The Kier molecular flexibility index (Phi) is 5.31. The molecule has 3 aromatic rings. The van der Waals surface area contributed by atoms with Crippen LogP contribution < -0.4 is 4.90 Å². The van der Waals surface area contributed by atoms with Crippen molar-refractivity contribution in [1.29, 1.82) is 0 Å². The molecule has 1 aliphatic rings. The first kappa shape index (κ1) is 18.5. The van der Waals surface area contributed by atoms with Crippen molar-refractivity contribution in [1.82, 2.24) is 5.06 Å². The second-order valence-corrected chi connectivity index (χ2v) is 7.36. The Bertz CT molecular complexity index is 980. The van der Waals surface area contributed by atoms with Crippen LogP contribution in [0.2, 0.25) is 0 Å². The first-order valence-corrected chi connectivity index (χ1v) is 9.94. The Morgan fingerprint density at radius 3 is 2.71 bits per heavy atom.